The molecule has 0 N–H and O–H groups in total. The van der Waals surface area contributed by atoms with Crippen molar-refractivity contribution in [3.63, 3.8) is 0 Å². The fraction of sp³-hybridized carbons (Fsp3) is 0.727. The van der Waals surface area contributed by atoms with Crippen LogP contribution < -0.4 is 0 Å². The van der Waals surface area contributed by atoms with Gasteiger partial charge in [0.05, 0.1) is 0 Å². The number of halogens is 11. The van der Waals surface area contributed by atoms with Gasteiger partial charge in [0.1, 0.15) is 0 Å². The van der Waals surface area contributed by atoms with E-state index in [0.717, 1.165) is 0 Å². The monoisotopic (exact) mass is 382 g/mol. The molecule has 0 saturated heterocycles. The fourth-order valence-corrected chi connectivity index (χ4v) is 1.21. The van der Waals surface area contributed by atoms with Crippen LogP contribution in [0.5, 0.6) is 0 Å². The Balaban J connectivity index is 5.77. The van der Waals surface area contributed by atoms with Crippen LogP contribution in [0.1, 0.15) is 19.8 Å². The van der Waals surface area contributed by atoms with Crippen molar-refractivity contribution >= 4 is 5.97 Å². The Hall–Kier alpha value is -1.56. The summed E-state index contributed by atoms with van der Waals surface area (Å²) in [7, 11) is 0. The van der Waals surface area contributed by atoms with Crippen LogP contribution in [0.15, 0.2) is 12.2 Å². The molecule has 0 fully saturated rings. The number of carbonyl (C=O) groups is 1. The van der Waals surface area contributed by atoms with E-state index >= 15 is 0 Å². The fourth-order valence-electron chi connectivity index (χ4n) is 1.21. The highest BCUT2D eigenvalue weighted by molar-refractivity contribution is 5.87. The molecule has 24 heavy (non-hydrogen) atoms. The van der Waals surface area contributed by atoms with E-state index in [0.29, 0.717) is 0 Å². The second kappa shape index (κ2) is 6.39. The average Bonchev–Trinajstić information content (AvgIpc) is 2.36. The molecule has 13 heteroatoms. The van der Waals surface area contributed by atoms with Gasteiger partial charge in [-0.1, -0.05) is 19.9 Å². The molecule has 0 spiro atoms. The Morgan fingerprint density at radius 2 is 1.25 bits per heavy atom. The van der Waals surface area contributed by atoms with Crippen LogP contribution in [0.4, 0.5) is 48.3 Å². The molecule has 0 atom stereocenters. The van der Waals surface area contributed by atoms with Gasteiger partial charge in [-0.2, -0.15) is 48.3 Å². The van der Waals surface area contributed by atoms with Crippen LogP contribution >= 0.6 is 0 Å². The standard InChI is InChI=1S/C11H9F11O2/c1-3-4-5(2)6(23)24-11(21,22)9(16,17)7(12,13)8(14,15)10(18,19)20/h2-4H2,1H3. The van der Waals surface area contributed by atoms with E-state index in [-0.39, 0.29) is 6.42 Å². The van der Waals surface area contributed by atoms with Crippen molar-refractivity contribution in [2.45, 2.75) is 49.8 Å². The maximum atomic E-state index is 13.1. The lowest BCUT2D eigenvalue weighted by Gasteiger charge is -2.36. The van der Waals surface area contributed by atoms with Gasteiger partial charge in [-0.05, 0) is 6.42 Å². The Labute approximate surface area is 127 Å². The van der Waals surface area contributed by atoms with Gasteiger partial charge < -0.3 is 4.74 Å². The van der Waals surface area contributed by atoms with Crippen LogP contribution in [0.2, 0.25) is 0 Å². The maximum absolute atomic E-state index is 13.1. The zero-order chi connectivity index (χ0) is 19.8. The predicted molar refractivity (Wildman–Crippen MR) is 56.0 cm³/mol. The SMILES string of the molecule is C=C(CCC)C(=O)OC(F)(F)C(F)(F)C(F)(F)C(F)(F)C(F)(F)F. The summed E-state index contributed by atoms with van der Waals surface area (Å²) in [5, 5.41) is 0. The molecule has 0 heterocycles. The number of esters is 1. The smallest absolute Gasteiger partial charge is 0.393 e. The minimum atomic E-state index is -7.62. The summed E-state index contributed by atoms with van der Waals surface area (Å²) in [5.74, 6) is -24.9. The van der Waals surface area contributed by atoms with Crippen LogP contribution in [0.3, 0.4) is 0 Å². The lowest BCUT2D eigenvalue weighted by Crippen LogP contribution is -2.67. The van der Waals surface area contributed by atoms with Gasteiger partial charge in [0, 0.05) is 5.57 Å². The molecule has 0 radical (unpaired) electrons. The van der Waals surface area contributed by atoms with E-state index in [1.165, 1.54) is 6.92 Å². The summed E-state index contributed by atoms with van der Waals surface area (Å²) in [5.41, 5.74) is -0.904. The zero-order valence-corrected chi connectivity index (χ0v) is 11.6. The first-order valence-corrected chi connectivity index (χ1v) is 5.86. The van der Waals surface area contributed by atoms with E-state index in [2.05, 4.69) is 11.3 Å². The normalized spacial score (nSPS) is 14.5. The molecule has 0 aromatic heterocycles. The van der Waals surface area contributed by atoms with Crippen LogP contribution in [0, 0.1) is 0 Å². The maximum Gasteiger partial charge on any atom is 0.473 e. The molecule has 0 bridgehead atoms. The van der Waals surface area contributed by atoms with E-state index in [1.54, 1.807) is 0 Å². The lowest BCUT2D eigenvalue weighted by atomic mass is 10.0. The van der Waals surface area contributed by atoms with Gasteiger partial charge in [-0.15, -0.1) is 0 Å². The van der Waals surface area contributed by atoms with Gasteiger partial charge in [0.2, 0.25) is 0 Å². The van der Waals surface area contributed by atoms with Crippen molar-refractivity contribution < 1.29 is 57.8 Å². The molecule has 0 aromatic rings. The molecule has 2 nitrogen and oxygen atoms in total. The van der Waals surface area contributed by atoms with Gasteiger partial charge in [0.25, 0.3) is 0 Å². The molecular weight excluding hydrogens is 373 g/mol. The van der Waals surface area contributed by atoms with E-state index in [1.807, 2.05) is 0 Å². The minimum absolute atomic E-state index is 0.0538. The third kappa shape index (κ3) is 3.58. The molecule has 0 saturated carbocycles. The molecular formula is C11H9F11O2. The van der Waals surface area contributed by atoms with Crippen molar-refractivity contribution in [3.05, 3.63) is 12.2 Å². The highest BCUT2D eigenvalue weighted by Gasteiger charge is 2.88. The van der Waals surface area contributed by atoms with E-state index in [9.17, 15) is 53.1 Å². The summed E-state index contributed by atoms with van der Waals surface area (Å²) in [6.45, 7) is 4.16. The van der Waals surface area contributed by atoms with Gasteiger partial charge in [-0.3, -0.25) is 0 Å². The Bertz CT molecular complexity index is 493. The molecule has 0 aliphatic carbocycles. The summed E-state index contributed by atoms with van der Waals surface area (Å²) in [6, 6.07) is 0. The predicted octanol–water partition coefficient (Wildman–Crippen LogP) is 4.95. The summed E-state index contributed by atoms with van der Waals surface area (Å²) >= 11 is 0. The van der Waals surface area contributed by atoms with Crippen molar-refractivity contribution in [1.82, 2.24) is 0 Å². The van der Waals surface area contributed by atoms with Crippen molar-refractivity contribution in [2.75, 3.05) is 0 Å². The number of rotatable bonds is 7. The van der Waals surface area contributed by atoms with Crippen LogP contribution in [-0.4, -0.2) is 36.0 Å². The molecule has 0 rings (SSSR count). The van der Waals surface area contributed by atoms with E-state index < -0.39 is 48.0 Å². The number of carbonyl (C=O) groups excluding carboxylic acids is 1. The number of alkyl halides is 11. The second-order valence-corrected chi connectivity index (χ2v) is 4.48. The molecule has 142 valence electrons. The molecule has 0 amide bonds. The van der Waals surface area contributed by atoms with Gasteiger partial charge in [-0.25, -0.2) is 4.79 Å². The Morgan fingerprint density at radius 1 is 0.833 bits per heavy atom. The Morgan fingerprint density at radius 3 is 1.58 bits per heavy atom. The molecule has 0 aliphatic heterocycles. The van der Waals surface area contributed by atoms with Gasteiger partial charge in [0.15, 0.2) is 0 Å². The Kier molecular flexibility index (Phi) is 5.97. The largest absolute Gasteiger partial charge is 0.473 e. The molecule has 0 aromatic carbocycles. The first-order valence-electron chi connectivity index (χ1n) is 5.86. The summed E-state index contributed by atoms with van der Waals surface area (Å²) < 4.78 is 141. The quantitative estimate of drug-likeness (QED) is 0.354. The highest BCUT2D eigenvalue weighted by atomic mass is 19.4. The number of hydrogen-bond donors (Lipinski definition) is 0. The molecule has 0 unspecified atom stereocenters. The third-order valence-corrected chi connectivity index (χ3v) is 2.57. The number of ether oxygens (including phenoxy) is 1. The lowest BCUT2D eigenvalue weighted by molar-refractivity contribution is -0.449. The summed E-state index contributed by atoms with van der Waals surface area (Å²) in [6.07, 6.45) is -14.3. The van der Waals surface area contributed by atoms with E-state index in [4.69, 9.17) is 0 Å². The first kappa shape index (κ1) is 22.4. The van der Waals surface area contributed by atoms with Gasteiger partial charge >= 0.3 is 36.0 Å². The topological polar surface area (TPSA) is 26.3 Å². The number of hydrogen-bond acceptors (Lipinski definition) is 2. The van der Waals surface area contributed by atoms with Crippen LogP contribution in [0.25, 0.3) is 0 Å². The third-order valence-electron chi connectivity index (χ3n) is 2.57. The minimum Gasteiger partial charge on any atom is -0.393 e. The first-order chi connectivity index (χ1) is 10.4. The highest BCUT2D eigenvalue weighted by Crippen LogP contribution is 2.57. The molecule has 0 aliphatic rings. The van der Waals surface area contributed by atoms with Crippen molar-refractivity contribution in [1.29, 1.82) is 0 Å². The van der Waals surface area contributed by atoms with Crippen molar-refractivity contribution in [2.24, 2.45) is 0 Å². The van der Waals surface area contributed by atoms with Crippen molar-refractivity contribution in [3.8, 4) is 0 Å². The second-order valence-electron chi connectivity index (χ2n) is 4.48. The average molecular weight is 382 g/mol. The summed E-state index contributed by atoms with van der Waals surface area (Å²) in [4.78, 5) is 11.0. The van der Waals surface area contributed by atoms with Crippen LogP contribution in [-0.2, 0) is 9.53 Å². The zero-order valence-electron chi connectivity index (χ0n) is 11.6.